The summed E-state index contributed by atoms with van der Waals surface area (Å²) in [5.74, 6) is 0.443. The maximum Gasteiger partial charge on any atom is 0.328 e. The van der Waals surface area contributed by atoms with Gasteiger partial charge in [0.2, 0.25) is 5.91 Å². The second-order valence-corrected chi connectivity index (χ2v) is 6.64. The number of esters is 1. The van der Waals surface area contributed by atoms with Crippen LogP contribution < -0.4 is 5.32 Å². The van der Waals surface area contributed by atoms with Gasteiger partial charge in [-0.05, 0) is 52.4 Å². The number of nitrogens with one attached hydrogen (secondary N) is 1. The quantitative estimate of drug-likeness (QED) is 0.242. The van der Waals surface area contributed by atoms with Crippen molar-refractivity contribution in [2.45, 2.75) is 125 Å². The standard InChI is InChI=1S/C15H27NO3.C4H8O.C3H6.2C2H6/c1-3-5-11-14(17)16-13(4-2)15(18)19-12-9-7-6-8-10-12;1-4(2)5-3;1-3-2;2*1-2/h12-13H,3-11H2,1-2H3,(H,16,17);1H2,2-3H3;3H,1H2,2H3;2*1-2H3. The smallest absolute Gasteiger partial charge is 0.328 e. The van der Waals surface area contributed by atoms with Crippen LogP contribution in [0.5, 0.6) is 0 Å². The van der Waals surface area contributed by atoms with Crippen LogP contribution in [-0.2, 0) is 19.1 Å². The van der Waals surface area contributed by atoms with E-state index < -0.39 is 6.04 Å². The highest BCUT2D eigenvalue weighted by Gasteiger charge is 2.24. The highest BCUT2D eigenvalue weighted by Crippen LogP contribution is 2.20. The lowest BCUT2D eigenvalue weighted by atomic mass is 9.98. The molecule has 0 aliphatic heterocycles. The highest BCUT2D eigenvalue weighted by atomic mass is 16.5. The van der Waals surface area contributed by atoms with Crippen LogP contribution in [0.3, 0.4) is 0 Å². The lowest BCUT2D eigenvalue weighted by molar-refractivity contribution is -0.154. The monoisotopic (exact) mass is 443 g/mol. The van der Waals surface area contributed by atoms with Gasteiger partial charge < -0.3 is 14.8 Å². The van der Waals surface area contributed by atoms with Gasteiger partial charge in [0.15, 0.2) is 0 Å². The van der Waals surface area contributed by atoms with E-state index in [9.17, 15) is 9.59 Å². The topological polar surface area (TPSA) is 64.6 Å². The number of hydrogen-bond donors (Lipinski definition) is 1. The van der Waals surface area contributed by atoms with Gasteiger partial charge in [-0.2, -0.15) is 0 Å². The Morgan fingerprint density at radius 1 is 1.10 bits per heavy atom. The number of ether oxygens (including phenoxy) is 2. The van der Waals surface area contributed by atoms with E-state index in [1.807, 2.05) is 48.5 Å². The fraction of sp³-hybridized carbons (Fsp3) is 0.769. The van der Waals surface area contributed by atoms with E-state index >= 15 is 0 Å². The summed E-state index contributed by atoms with van der Waals surface area (Å²) in [6.07, 6.45) is 10.2. The third-order valence-corrected chi connectivity index (χ3v) is 3.97. The summed E-state index contributed by atoms with van der Waals surface area (Å²) in [6, 6.07) is -0.480. The summed E-state index contributed by atoms with van der Waals surface area (Å²) in [6.45, 7) is 22.4. The van der Waals surface area contributed by atoms with E-state index in [-0.39, 0.29) is 18.0 Å². The Morgan fingerprint density at radius 3 is 1.90 bits per heavy atom. The molecule has 1 aliphatic rings. The van der Waals surface area contributed by atoms with Crippen LogP contribution in [0.4, 0.5) is 0 Å². The first-order valence-corrected chi connectivity index (χ1v) is 12.1. The minimum absolute atomic E-state index is 0.0469. The van der Waals surface area contributed by atoms with Crippen molar-refractivity contribution >= 4 is 11.9 Å². The van der Waals surface area contributed by atoms with Crippen LogP contribution in [0, 0.1) is 0 Å². The number of carbonyl (C=O) groups is 2. The molecule has 0 aromatic rings. The van der Waals surface area contributed by atoms with Gasteiger partial charge >= 0.3 is 5.97 Å². The van der Waals surface area contributed by atoms with Crippen molar-refractivity contribution in [3.8, 4) is 0 Å². The Bertz CT molecular complexity index is 416. The Labute approximate surface area is 194 Å². The molecule has 1 amide bonds. The number of allylic oxidation sites excluding steroid dienone is 2. The molecule has 1 atom stereocenters. The van der Waals surface area contributed by atoms with Gasteiger partial charge in [0.25, 0.3) is 0 Å². The van der Waals surface area contributed by atoms with Crippen molar-refractivity contribution in [3.63, 3.8) is 0 Å². The Balaban J connectivity index is -0.000000253. The number of unbranched alkanes of at least 4 members (excludes halogenated alkanes) is 1. The summed E-state index contributed by atoms with van der Waals surface area (Å²) in [7, 11) is 1.60. The predicted octanol–water partition coefficient (Wildman–Crippen LogP) is 7.36. The molecule has 1 rings (SSSR count). The van der Waals surface area contributed by atoms with E-state index in [4.69, 9.17) is 4.74 Å². The molecule has 0 aromatic carbocycles. The van der Waals surface area contributed by atoms with Gasteiger partial charge in [-0.15, -0.1) is 6.58 Å². The molecule has 0 radical (unpaired) electrons. The van der Waals surface area contributed by atoms with Crippen molar-refractivity contribution in [1.29, 1.82) is 0 Å². The molecule has 1 unspecified atom stereocenters. The number of rotatable bonds is 8. The summed E-state index contributed by atoms with van der Waals surface area (Å²) >= 11 is 0. The van der Waals surface area contributed by atoms with E-state index in [1.54, 1.807) is 20.1 Å². The molecule has 1 aliphatic carbocycles. The molecular formula is C26H53NO4. The first kappa shape index (κ1) is 36.6. The maximum absolute atomic E-state index is 12.0. The highest BCUT2D eigenvalue weighted by molar-refractivity contribution is 5.84. The molecule has 31 heavy (non-hydrogen) atoms. The minimum atomic E-state index is -0.480. The van der Waals surface area contributed by atoms with E-state index in [0.717, 1.165) is 44.3 Å². The maximum atomic E-state index is 12.0. The zero-order valence-electron chi connectivity index (χ0n) is 22.1. The Morgan fingerprint density at radius 2 is 1.55 bits per heavy atom. The van der Waals surface area contributed by atoms with E-state index in [2.05, 4.69) is 23.2 Å². The second kappa shape index (κ2) is 30.4. The fourth-order valence-corrected chi connectivity index (χ4v) is 2.36. The largest absolute Gasteiger partial charge is 0.502 e. The predicted molar refractivity (Wildman–Crippen MR) is 135 cm³/mol. The summed E-state index contributed by atoms with van der Waals surface area (Å²) in [5, 5.41) is 2.78. The first-order valence-electron chi connectivity index (χ1n) is 12.1. The van der Waals surface area contributed by atoms with Crippen molar-refractivity contribution in [2.75, 3.05) is 7.11 Å². The molecule has 1 fully saturated rings. The second-order valence-electron chi connectivity index (χ2n) is 6.64. The molecule has 0 bridgehead atoms. The third kappa shape index (κ3) is 28.2. The molecule has 5 heteroatoms. The molecule has 0 spiro atoms. The van der Waals surface area contributed by atoms with Crippen molar-refractivity contribution in [2.24, 2.45) is 0 Å². The summed E-state index contributed by atoms with van der Waals surface area (Å²) < 4.78 is 10.1. The number of hydrogen-bond acceptors (Lipinski definition) is 4. The number of methoxy groups -OCH3 is 1. The van der Waals surface area contributed by atoms with Crippen LogP contribution in [0.1, 0.15) is 113 Å². The van der Waals surface area contributed by atoms with Gasteiger partial charge in [0, 0.05) is 6.42 Å². The van der Waals surface area contributed by atoms with Crippen molar-refractivity contribution < 1.29 is 19.1 Å². The third-order valence-electron chi connectivity index (χ3n) is 3.97. The van der Waals surface area contributed by atoms with Crippen molar-refractivity contribution in [3.05, 3.63) is 25.0 Å². The lowest BCUT2D eigenvalue weighted by Gasteiger charge is -2.24. The van der Waals surface area contributed by atoms with Crippen LogP contribution in [-0.4, -0.2) is 31.1 Å². The molecule has 186 valence electrons. The van der Waals surface area contributed by atoms with Crippen LogP contribution in [0.2, 0.25) is 0 Å². The summed E-state index contributed by atoms with van der Waals surface area (Å²) in [5.41, 5.74) is 0. The minimum Gasteiger partial charge on any atom is -0.502 e. The zero-order valence-corrected chi connectivity index (χ0v) is 22.1. The van der Waals surface area contributed by atoms with Crippen LogP contribution in [0.15, 0.2) is 25.0 Å². The van der Waals surface area contributed by atoms with Gasteiger partial charge in [-0.3, -0.25) is 4.79 Å². The average molecular weight is 444 g/mol. The van der Waals surface area contributed by atoms with Gasteiger partial charge in [0.1, 0.15) is 12.1 Å². The molecule has 0 saturated heterocycles. The van der Waals surface area contributed by atoms with E-state index in [0.29, 0.717) is 12.8 Å². The average Bonchev–Trinajstić information content (AvgIpc) is 2.80. The van der Waals surface area contributed by atoms with Crippen molar-refractivity contribution in [1.82, 2.24) is 5.32 Å². The molecular weight excluding hydrogens is 390 g/mol. The van der Waals surface area contributed by atoms with Gasteiger partial charge in [-0.25, -0.2) is 4.79 Å². The normalized spacial score (nSPS) is 12.8. The SMILES string of the molecule is C=C(C)OC.C=CC.CC.CC.CCCCC(=O)NC(CC)C(=O)OC1CCCCC1. The van der Waals surface area contributed by atoms with E-state index in [1.165, 1.54) is 6.42 Å². The Kier molecular flexibility index (Phi) is 35.9. The number of amides is 1. The first-order chi connectivity index (χ1) is 14.9. The summed E-state index contributed by atoms with van der Waals surface area (Å²) in [4.78, 5) is 23.7. The molecule has 1 N–H and O–H groups in total. The van der Waals surface area contributed by atoms with Gasteiger partial charge in [-0.1, -0.05) is 67.0 Å². The number of carbonyl (C=O) groups excluding carboxylic acids is 2. The molecule has 0 aromatic heterocycles. The lowest BCUT2D eigenvalue weighted by Crippen LogP contribution is -2.42. The molecule has 5 nitrogen and oxygen atoms in total. The van der Waals surface area contributed by atoms with Crippen LogP contribution >= 0.6 is 0 Å². The molecule has 0 heterocycles. The van der Waals surface area contributed by atoms with Gasteiger partial charge in [0.05, 0.1) is 12.9 Å². The fourth-order valence-electron chi connectivity index (χ4n) is 2.36. The molecule has 1 saturated carbocycles. The zero-order chi connectivity index (χ0) is 25.1. The Hall–Kier alpha value is -1.78. The van der Waals surface area contributed by atoms with Crippen LogP contribution in [0.25, 0.3) is 0 Å².